The van der Waals surface area contributed by atoms with Gasteiger partial charge in [0.1, 0.15) is 5.92 Å². The van der Waals surface area contributed by atoms with Crippen LogP contribution in [0.4, 0.5) is 0 Å². The van der Waals surface area contributed by atoms with Crippen LogP contribution >= 0.6 is 0 Å². The average Bonchev–Trinajstić information content (AvgIpc) is 2.24. The monoisotopic (exact) mass is 210 g/mol. The van der Waals surface area contributed by atoms with Crippen molar-refractivity contribution in [2.45, 2.75) is 19.8 Å². The third-order valence-corrected chi connectivity index (χ3v) is 2.06. The number of nitriles is 1. The first-order valence-corrected chi connectivity index (χ1v) is 5.11. The molecule has 0 aromatic heterocycles. The van der Waals surface area contributed by atoms with Crippen LogP contribution in [0.15, 0.2) is 12.7 Å². The van der Waals surface area contributed by atoms with Gasteiger partial charge in [-0.25, -0.2) is 0 Å². The van der Waals surface area contributed by atoms with Crippen LogP contribution in [0.2, 0.25) is 0 Å². The Hall–Kier alpha value is -1.34. The topological polar surface area (TPSA) is 64.3 Å². The van der Waals surface area contributed by atoms with Crippen LogP contribution in [0.1, 0.15) is 19.8 Å². The molecule has 0 fully saturated rings. The molecule has 1 amide bonds. The fourth-order valence-electron chi connectivity index (χ4n) is 1.32. The van der Waals surface area contributed by atoms with Gasteiger partial charge in [0.25, 0.3) is 0 Å². The summed E-state index contributed by atoms with van der Waals surface area (Å²) >= 11 is 0. The van der Waals surface area contributed by atoms with Crippen LogP contribution in [0.5, 0.6) is 0 Å². The van der Waals surface area contributed by atoms with Crippen molar-refractivity contribution >= 4 is 5.91 Å². The molecule has 0 radical (unpaired) electrons. The molecule has 1 unspecified atom stereocenters. The summed E-state index contributed by atoms with van der Waals surface area (Å²) in [5, 5.41) is 17.6. The fraction of sp³-hybridized carbons (Fsp3) is 0.636. The van der Waals surface area contributed by atoms with Gasteiger partial charge in [0, 0.05) is 13.1 Å². The molecule has 0 rings (SSSR count). The summed E-state index contributed by atoms with van der Waals surface area (Å²) in [5.41, 5.74) is 0. The summed E-state index contributed by atoms with van der Waals surface area (Å²) in [6, 6.07) is 1.99. The number of aliphatic hydroxyl groups is 1. The summed E-state index contributed by atoms with van der Waals surface area (Å²) < 4.78 is 0. The van der Waals surface area contributed by atoms with Crippen LogP contribution in [0, 0.1) is 17.2 Å². The summed E-state index contributed by atoms with van der Waals surface area (Å²) in [5.74, 6) is -0.810. The van der Waals surface area contributed by atoms with Gasteiger partial charge in [-0.15, -0.1) is 6.58 Å². The predicted molar refractivity (Wildman–Crippen MR) is 57.9 cm³/mol. The van der Waals surface area contributed by atoms with Crippen molar-refractivity contribution in [3.8, 4) is 6.07 Å². The van der Waals surface area contributed by atoms with Crippen molar-refractivity contribution < 1.29 is 9.90 Å². The highest BCUT2D eigenvalue weighted by Gasteiger charge is 2.21. The van der Waals surface area contributed by atoms with E-state index >= 15 is 0 Å². The van der Waals surface area contributed by atoms with E-state index in [0.29, 0.717) is 13.0 Å². The number of amides is 1. The quantitative estimate of drug-likeness (QED) is 0.636. The number of carbonyl (C=O) groups is 1. The Bertz CT molecular complexity index is 245. The lowest BCUT2D eigenvalue weighted by molar-refractivity contribution is -0.133. The standard InChI is InChI=1S/C11H18N2O2/c1-3-5-10(9-12)11(15)13(6-4-2)7-8-14/h4,10,14H,2-3,5-8H2,1H3. The second-order valence-corrected chi connectivity index (χ2v) is 3.27. The summed E-state index contributed by atoms with van der Waals surface area (Å²) in [6.07, 6.45) is 2.95. The predicted octanol–water partition coefficient (Wildman–Crippen LogP) is 0.933. The Morgan fingerprint density at radius 3 is 2.80 bits per heavy atom. The highest BCUT2D eigenvalue weighted by Crippen LogP contribution is 2.09. The summed E-state index contributed by atoms with van der Waals surface area (Å²) in [7, 11) is 0. The minimum atomic E-state index is -0.596. The first-order valence-electron chi connectivity index (χ1n) is 5.11. The molecule has 0 aliphatic heterocycles. The zero-order valence-electron chi connectivity index (χ0n) is 9.15. The first kappa shape index (κ1) is 13.7. The maximum atomic E-state index is 11.8. The zero-order chi connectivity index (χ0) is 11.7. The Morgan fingerprint density at radius 2 is 2.40 bits per heavy atom. The highest BCUT2D eigenvalue weighted by molar-refractivity contribution is 5.81. The average molecular weight is 210 g/mol. The molecular weight excluding hydrogens is 192 g/mol. The van der Waals surface area contributed by atoms with E-state index in [1.807, 2.05) is 13.0 Å². The van der Waals surface area contributed by atoms with Gasteiger partial charge < -0.3 is 10.0 Å². The van der Waals surface area contributed by atoms with Crippen molar-refractivity contribution in [2.75, 3.05) is 19.7 Å². The fourth-order valence-corrected chi connectivity index (χ4v) is 1.32. The lowest BCUT2D eigenvalue weighted by Gasteiger charge is -2.22. The van der Waals surface area contributed by atoms with Gasteiger partial charge in [0.05, 0.1) is 12.7 Å². The molecule has 0 saturated carbocycles. The number of aliphatic hydroxyl groups excluding tert-OH is 1. The van der Waals surface area contributed by atoms with Crippen LogP contribution in [-0.2, 0) is 4.79 Å². The number of rotatable bonds is 7. The molecule has 0 aliphatic carbocycles. The van der Waals surface area contributed by atoms with Crippen LogP contribution < -0.4 is 0 Å². The molecule has 0 bridgehead atoms. The van der Waals surface area contributed by atoms with Crippen molar-refractivity contribution in [1.29, 1.82) is 5.26 Å². The van der Waals surface area contributed by atoms with E-state index in [1.165, 1.54) is 4.90 Å². The SMILES string of the molecule is C=CCN(CCO)C(=O)C(C#N)CCC. The van der Waals surface area contributed by atoms with E-state index in [1.54, 1.807) is 6.08 Å². The van der Waals surface area contributed by atoms with Gasteiger partial charge >= 0.3 is 0 Å². The molecule has 15 heavy (non-hydrogen) atoms. The Kier molecular flexibility index (Phi) is 7.29. The molecule has 1 N–H and O–H groups in total. The normalized spacial score (nSPS) is 11.5. The molecule has 4 heteroatoms. The van der Waals surface area contributed by atoms with Crippen molar-refractivity contribution in [3.05, 3.63) is 12.7 Å². The van der Waals surface area contributed by atoms with Gasteiger partial charge in [0.15, 0.2) is 0 Å². The Labute approximate surface area is 90.8 Å². The molecule has 0 aromatic rings. The van der Waals surface area contributed by atoms with Crippen molar-refractivity contribution in [3.63, 3.8) is 0 Å². The van der Waals surface area contributed by atoms with E-state index < -0.39 is 5.92 Å². The molecule has 84 valence electrons. The zero-order valence-corrected chi connectivity index (χ0v) is 9.15. The van der Waals surface area contributed by atoms with E-state index in [4.69, 9.17) is 10.4 Å². The summed E-state index contributed by atoms with van der Waals surface area (Å²) in [4.78, 5) is 13.2. The number of nitrogens with zero attached hydrogens (tertiary/aromatic N) is 2. The Balaban J connectivity index is 4.44. The largest absolute Gasteiger partial charge is 0.395 e. The molecule has 0 saturated heterocycles. The highest BCUT2D eigenvalue weighted by atomic mass is 16.3. The molecule has 0 aromatic carbocycles. The van der Waals surface area contributed by atoms with E-state index in [-0.39, 0.29) is 19.1 Å². The third kappa shape index (κ3) is 4.61. The third-order valence-electron chi connectivity index (χ3n) is 2.06. The molecule has 0 spiro atoms. The second-order valence-electron chi connectivity index (χ2n) is 3.27. The Morgan fingerprint density at radius 1 is 1.73 bits per heavy atom. The second kappa shape index (κ2) is 8.01. The molecular formula is C11H18N2O2. The van der Waals surface area contributed by atoms with E-state index in [2.05, 4.69) is 6.58 Å². The maximum absolute atomic E-state index is 11.8. The number of hydrogen-bond donors (Lipinski definition) is 1. The van der Waals surface area contributed by atoms with Gasteiger partial charge in [-0.3, -0.25) is 4.79 Å². The lowest BCUT2D eigenvalue weighted by atomic mass is 10.0. The van der Waals surface area contributed by atoms with Gasteiger partial charge in [-0.05, 0) is 6.42 Å². The van der Waals surface area contributed by atoms with Crippen LogP contribution in [0.3, 0.4) is 0 Å². The van der Waals surface area contributed by atoms with Crippen molar-refractivity contribution in [1.82, 2.24) is 4.90 Å². The minimum absolute atomic E-state index is 0.0934. The number of carbonyl (C=O) groups excluding carboxylic acids is 1. The molecule has 0 heterocycles. The van der Waals surface area contributed by atoms with Gasteiger partial charge in [0.2, 0.25) is 5.91 Å². The van der Waals surface area contributed by atoms with E-state index in [0.717, 1.165) is 6.42 Å². The first-order chi connectivity index (χ1) is 7.21. The van der Waals surface area contributed by atoms with E-state index in [9.17, 15) is 4.79 Å². The van der Waals surface area contributed by atoms with Crippen LogP contribution in [0.25, 0.3) is 0 Å². The van der Waals surface area contributed by atoms with Crippen LogP contribution in [-0.4, -0.2) is 35.6 Å². The number of hydrogen-bond acceptors (Lipinski definition) is 3. The molecule has 0 aliphatic rings. The van der Waals surface area contributed by atoms with Gasteiger partial charge in [-0.1, -0.05) is 19.4 Å². The smallest absolute Gasteiger partial charge is 0.240 e. The maximum Gasteiger partial charge on any atom is 0.240 e. The minimum Gasteiger partial charge on any atom is -0.395 e. The molecule has 1 atom stereocenters. The molecule has 4 nitrogen and oxygen atoms in total. The lowest BCUT2D eigenvalue weighted by Crippen LogP contribution is -2.37. The van der Waals surface area contributed by atoms with Gasteiger partial charge in [-0.2, -0.15) is 5.26 Å². The summed E-state index contributed by atoms with van der Waals surface area (Å²) in [6.45, 7) is 6.01. The van der Waals surface area contributed by atoms with Crippen molar-refractivity contribution in [2.24, 2.45) is 5.92 Å².